The predicted molar refractivity (Wildman–Crippen MR) is 68.9 cm³/mol. The van der Waals surface area contributed by atoms with Gasteiger partial charge in [-0.25, -0.2) is 0 Å². The van der Waals surface area contributed by atoms with E-state index in [-0.39, 0.29) is 17.1 Å². The van der Waals surface area contributed by atoms with E-state index < -0.39 is 0 Å². The summed E-state index contributed by atoms with van der Waals surface area (Å²) < 4.78 is 5.02. The highest BCUT2D eigenvalue weighted by atomic mass is 16.5. The van der Waals surface area contributed by atoms with Crippen LogP contribution in [0.4, 0.5) is 5.69 Å². The van der Waals surface area contributed by atoms with Crippen molar-refractivity contribution in [3.8, 4) is 11.5 Å². The average molecular weight is 243 g/mol. The third-order valence-electron chi connectivity index (χ3n) is 2.65. The summed E-state index contributed by atoms with van der Waals surface area (Å²) in [6.07, 6.45) is 0. The smallest absolute Gasteiger partial charge is 0.198 e. The molecule has 18 heavy (non-hydrogen) atoms. The number of phenolic OH excluding ortho intramolecular Hbond substituents is 1. The topological polar surface area (TPSA) is 72.5 Å². The Balaban J connectivity index is 2.44. The van der Waals surface area contributed by atoms with Crippen molar-refractivity contribution >= 4 is 11.5 Å². The molecule has 0 aliphatic heterocycles. The highest BCUT2D eigenvalue weighted by molar-refractivity contribution is 6.13. The van der Waals surface area contributed by atoms with E-state index in [0.29, 0.717) is 17.0 Å². The van der Waals surface area contributed by atoms with Crippen LogP contribution in [0.1, 0.15) is 15.9 Å². The average Bonchev–Trinajstić information content (AvgIpc) is 2.38. The van der Waals surface area contributed by atoms with Crippen LogP contribution in [0, 0.1) is 0 Å². The van der Waals surface area contributed by atoms with Gasteiger partial charge in [-0.2, -0.15) is 0 Å². The van der Waals surface area contributed by atoms with Crippen LogP contribution in [0.3, 0.4) is 0 Å². The van der Waals surface area contributed by atoms with Crippen molar-refractivity contribution in [1.29, 1.82) is 0 Å². The molecule has 0 unspecified atom stereocenters. The molecule has 0 aliphatic rings. The summed E-state index contributed by atoms with van der Waals surface area (Å²) in [7, 11) is 1.53. The molecule has 4 heteroatoms. The van der Waals surface area contributed by atoms with Gasteiger partial charge in [-0.15, -0.1) is 0 Å². The fraction of sp³-hybridized carbons (Fsp3) is 0.0714. The summed E-state index contributed by atoms with van der Waals surface area (Å²) in [5.74, 6) is 0.215. The SMILES string of the molecule is COc1ccc(C(=O)c2ccccc2O)c(N)c1. The minimum Gasteiger partial charge on any atom is -0.507 e. The molecule has 0 aromatic heterocycles. The largest absolute Gasteiger partial charge is 0.507 e. The molecule has 0 saturated carbocycles. The van der Waals surface area contributed by atoms with Crippen LogP contribution in [0.2, 0.25) is 0 Å². The fourth-order valence-electron chi connectivity index (χ4n) is 1.69. The van der Waals surface area contributed by atoms with E-state index in [1.165, 1.54) is 13.2 Å². The van der Waals surface area contributed by atoms with E-state index in [0.717, 1.165) is 0 Å². The lowest BCUT2D eigenvalue weighted by molar-refractivity contribution is 0.103. The Kier molecular flexibility index (Phi) is 3.19. The Morgan fingerprint density at radius 3 is 2.50 bits per heavy atom. The van der Waals surface area contributed by atoms with E-state index >= 15 is 0 Å². The lowest BCUT2D eigenvalue weighted by Crippen LogP contribution is -2.05. The molecule has 0 heterocycles. The molecule has 0 saturated heterocycles. The van der Waals surface area contributed by atoms with E-state index in [2.05, 4.69) is 0 Å². The van der Waals surface area contributed by atoms with Crippen LogP contribution >= 0.6 is 0 Å². The Morgan fingerprint density at radius 1 is 1.17 bits per heavy atom. The van der Waals surface area contributed by atoms with E-state index in [1.807, 2.05) is 0 Å². The number of carbonyl (C=O) groups excluding carboxylic acids is 1. The summed E-state index contributed by atoms with van der Waals surface area (Å²) in [5, 5.41) is 9.65. The first-order valence-electron chi connectivity index (χ1n) is 5.39. The number of ether oxygens (including phenoxy) is 1. The summed E-state index contributed by atoms with van der Waals surface area (Å²) in [6, 6.07) is 11.2. The first-order valence-corrected chi connectivity index (χ1v) is 5.39. The highest BCUT2D eigenvalue weighted by Crippen LogP contribution is 2.25. The number of nitrogens with two attached hydrogens (primary N) is 1. The normalized spacial score (nSPS) is 10.1. The Hall–Kier alpha value is -2.49. The standard InChI is InChI=1S/C14H13NO3/c1-18-9-6-7-10(12(15)8-9)14(17)11-4-2-3-5-13(11)16/h2-8,16H,15H2,1H3. The number of anilines is 1. The second kappa shape index (κ2) is 4.79. The van der Waals surface area contributed by atoms with Crippen molar-refractivity contribution in [3.05, 3.63) is 53.6 Å². The molecule has 4 nitrogen and oxygen atoms in total. The van der Waals surface area contributed by atoms with Gasteiger partial charge in [0.1, 0.15) is 11.5 Å². The van der Waals surface area contributed by atoms with Crippen molar-refractivity contribution < 1.29 is 14.6 Å². The maximum Gasteiger partial charge on any atom is 0.198 e. The van der Waals surface area contributed by atoms with Crippen LogP contribution < -0.4 is 10.5 Å². The van der Waals surface area contributed by atoms with E-state index in [4.69, 9.17) is 10.5 Å². The van der Waals surface area contributed by atoms with Crippen molar-refractivity contribution in [2.75, 3.05) is 12.8 Å². The second-order valence-corrected chi connectivity index (χ2v) is 3.80. The van der Waals surface area contributed by atoms with Crippen LogP contribution in [-0.2, 0) is 0 Å². The summed E-state index contributed by atoms with van der Waals surface area (Å²) >= 11 is 0. The first kappa shape index (κ1) is 12.0. The molecule has 3 N–H and O–H groups in total. The van der Waals surface area contributed by atoms with Gasteiger partial charge in [-0.3, -0.25) is 4.79 Å². The number of hydrogen-bond donors (Lipinski definition) is 2. The third-order valence-corrected chi connectivity index (χ3v) is 2.65. The monoisotopic (exact) mass is 243 g/mol. The van der Waals surface area contributed by atoms with Crippen molar-refractivity contribution in [2.45, 2.75) is 0 Å². The number of phenols is 1. The van der Waals surface area contributed by atoms with Crippen LogP contribution in [0.25, 0.3) is 0 Å². The quantitative estimate of drug-likeness (QED) is 0.640. The van der Waals surface area contributed by atoms with Crippen LogP contribution in [0.5, 0.6) is 11.5 Å². The number of nitrogen functional groups attached to an aromatic ring is 1. The number of carbonyl (C=O) groups is 1. The van der Waals surface area contributed by atoms with Gasteiger partial charge in [0.2, 0.25) is 0 Å². The summed E-state index contributed by atoms with van der Waals surface area (Å²) in [5.41, 5.74) is 6.70. The fourth-order valence-corrected chi connectivity index (χ4v) is 1.69. The summed E-state index contributed by atoms with van der Waals surface area (Å²) in [6.45, 7) is 0. The van der Waals surface area contributed by atoms with Gasteiger partial charge < -0.3 is 15.6 Å². The zero-order valence-corrected chi connectivity index (χ0v) is 9.88. The van der Waals surface area contributed by atoms with Gasteiger partial charge in [-0.1, -0.05) is 12.1 Å². The van der Waals surface area contributed by atoms with Crippen LogP contribution in [0.15, 0.2) is 42.5 Å². The molecule has 0 amide bonds. The van der Waals surface area contributed by atoms with E-state index in [9.17, 15) is 9.90 Å². The number of methoxy groups -OCH3 is 1. The van der Waals surface area contributed by atoms with Crippen molar-refractivity contribution in [1.82, 2.24) is 0 Å². The zero-order valence-electron chi connectivity index (χ0n) is 9.88. The molecule has 2 aromatic carbocycles. The van der Waals surface area contributed by atoms with Gasteiger partial charge in [0.15, 0.2) is 5.78 Å². The lowest BCUT2D eigenvalue weighted by Gasteiger charge is -2.08. The number of aromatic hydroxyl groups is 1. The van der Waals surface area contributed by atoms with Crippen LogP contribution in [-0.4, -0.2) is 18.0 Å². The minimum absolute atomic E-state index is 0.0577. The minimum atomic E-state index is -0.312. The second-order valence-electron chi connectivity index (χ2n) is 3.80. The Labute approximate surface area is 105 Å². The van der Waals surface area contributed by atoms with Crippen molar-refractivity contribution in [2.24, 2.45) is 0 Å². The molecule has 0 aliphatic carbocycles. The Morgan fingerprint density at radius 2 is 1.89 bits per heavy atom. The molecule has 0 fully saturated rings. The third kappa shape index (κ3) is 2.13. The molecule has 2 aromatic rings. The predicted octanol–water partition coefficient (Wildman–Crippen LogP) is 2.21. The van der Waals surface area contributed by atoms with Gasteiger partial charge in [0.05, 0.1) is 12.7 Å². The molecular weight excluding hydrogens is 230 g/mol. The number of benzene rings is 2. The number of ketones is 1. The molecule has 0 radical (unpaired) electrons. The maximum atomic E-state index is 12.2. The molecule has 0 spiro atoms. The van der Waals surface area contributed by atoms with Gasteiger partial charge >= 0.3 is 0 Å². The zero-order chi connectivity index (χ0) is 13.1. The number of rotatable bonds is 3. The van der Waals surface area contributed by atoms with Crippen molar-refractivity contribution in [3.63, 3.8) is 0 Å². The Bertz CT molecular complexity index is 593. The molecule has 2 rings (SSSR count). The molecule has 0 bridgehead atoms. The molecule has 92 valence electrons. The highest BCUT2D eigenvalue weighted by Gasteiger charge is 2.15. The van der Waals surface area contributed by atoms with E-state index in [1.54, 1.807) is 36.4 Å². The number of hydrogen-bond acceptors (Lipinski definition) is 4. The van der Waals surface area contributed by atoms with Gasteiger partial charge in [-0.05, 0) is 24.3 Å². The summed E-state index contributed by atoms with van der Waals surface area (Å²) in [4.78, 5) is 12.2. The maximum absolute atomic E-state index is 12.2. The van der Waals surface area contributed by atoms with Gasteiger partial charge in [0, 0.05) is 17.3 Å². The number of para-hydroxylation sites is 1. The van der Waals surface area contributed by atoms with Gasteiger partial charge in [0.25, 0.3) is 0 Å². The lowest BCUT2D eigenvalue weighted by atomic mass is 10.0. The molecular formula is C14H13NO3. The molecule has 0 atom stereocenters. The first-order chi connectivity index (χ1) is 8.63.